The van der Waals surface area contributed by atoms with Crippen LogP contribution in [-0.2, 0) is 11.3 Å². The molecule has 33 heavy (non-hydrogen) atoms. The van der Waals surface area contributed by atoms with E-state index in [1.165, 1.54) is 11.0 Å². The molecule has 9 nitrogen and oxygen atoms in total. The van der Waals surface area contributed by atoms with Crippen LogP contribution in [0.3, 0.4) is 0 Å². The molecule has 0 bridgehead atoms. The first-order chi connectivity index (χ1) is 16.2. The number of fused-ring (bicyclic) bond motifs is 3. The number of methoxy groups -OCH3 is 2. The highest BCUT2D eigenvalue weighted by molar-refractivity contribution is 6.04. The van der Waals surface area contributed by atoms with Gasteiger partial charge in [0.25, 0.3) is 5.56 Å². The van der Waals surface area contributed by atoms with Crippen molar-refractivity contribution in [2.24, 2.45) is 5.10 Å². The molecule has 0 radical (unpaired) electrons. The minimum absolute atomic E-state index is 0.270. The Bertz CT molecular complexity index is 1390. The second kappa shape index (κ2) is 9.05. The van der Waals surface area contributed by atoms with E-state index in [2.05, 4.69) is 20.0 Å². The van der Waals surface area contributed by atoms with E-state index in [9.17, 15) is 4.79 Å². The van der Waals surface area contributed by atoms with Crippen LogP contribution in [0.15, 0.2) is 52.6 Å². The quantitative estimate of drug-likeness (QED) is 0.457. The summed E-state index contributed by atoms with van der Waals surface area (Å²) in [6.45, 7) is 4.02. The summed E-state index contributed by atoms with van der Waals surface area (Å²) in [5.74, 6) is 1.53. The number of aromatic nitrogens is 3. The van der Waals surface area contributed by atoms with Crippen molar-refractivity contribution in [2.45, 2.75) is 6.54 Å². The zero-order chi connectivity index (χ0) is 22.8. The van der Waals surface area contributed by atoms with Crippen molar-refractivity contribution < 1.29 is 14.2 Å². The normalized spacial score (nSPS) is 15.0. The molecule has 4 aromatic rings. The van der Waals surface area contributed by atoms with E-state index < -0.39 is 0 Å². The van der Waals surface area contributed by atoms with E-state index in [1.54, 1.807) is 20.4 Å². The minimum atomic E-state index is -0.270. The molecular formula is C24H25N5O4. The van der Waals surface area contributed by atoms with Crippen molar-refractivity contribution in [1.82, 2.24) is 19.5 Å². The standard InChI is InChI=1S/C24H25N5O4/c1-31-18-4-5-19-20(12-18)27-23-22(19)25-15-29(24(23)30)26-13-16-3-6-21(32-2)17(11-16)14-28-7-9-33-10-8-28/h3-6,11-13,15,27H,7-10,14H2,1-2H3/b26-13-. The summed E-state index contributed by atoms with van der Waals surface area (Å²) >= 11 is 0. The van der Waals surface area contributed by atoms with Crippen molar-refractivity contribution in [3.05, 3.63) is 64.2 Å². The number of hydrogen-bond donors (Lipinski definition) is 1. The number of H-pyrrole nitrogens is 1. The molecule has 1 aliphatic heterocycles. The van der Waals surface area contributed by atoms with Gasteiger partial charge in [-0.3, -0.25) is 9.69 Å². The third kappa shape index (κ3) is 4.20. The number of aromatic amines is 1. The van der Waals surface area contributed by atoms with Gasteiger partial charge >= 0.3 is 0 Å². The molecule has 1 saturated heterocycles. The topological polar surface area (TPSA) is 94.0 Å². The molecule has 2 aromatic heterocycles. The molecule has 0 aliphatic carbocycles. The van der Waals surface area contributed by atoms with Gasteiger partial charge in [-0.1, -0.05) is 0 Å². The second-order valence-corrected chi connectivity index (χ2v) is 7.86. The highest BCUT2D eigenvalue weighted by Gasteiger charge is 2.14. The Labute approximate surface area is 190 Å². The predicted molar refractivity (Wildman–Crippen MR) is 126 cm³/mol. The van der Waals surface area contributed by atoms with Gasteiger partial charge in [0.1, 0.15) is 28.9 Å². The molecule has 0 amide bonds. The smallest absolute Gasteiger partial charge is 0.298 e. The number of morpholine rings is 1. The molecular weight excluding hydrogens is 422 g/mol. The number of ether oxygens (including phenoxy) is 3. The predicted octanol–water partition coefficient (Wildman–Crippen LogP) is 2.61. The first kappa shape index (κ1) is 21.2. The average Bonchev–Trinajstić information content (AvgIpc) is 3.23. The van der Waals surface area contributed by atoms with Gasteiger partial charge in [0.2, 0.25) is 0 Å². The Morgan fingerprint density at radius 3 is 2.79 bits per heavy atom. The molecule has 0 saturated carbocycles. The summed E-state index contributed by atoms with van der Waals surface area (Å²) in [5.41, 5.74) is 3.47. The molecule has 3 heterocycles. The fourth-order valence-electron chi connectivity index (χ4n) is 4.07. The van der Waals surface area contributed by atoms with Crippen molar-refractivity contribution in [1.29, 1.82) is 0 Å². The molecule has 0 atom stereocenters. The number of nitrogens with one attached hydrogen (secondary N) is 1. The van der Waals surface area contributed by atoms with Gasteiger partial charge in [0, 0.05) is 36.7 Å². The molecule has 1 fully saturated rings. The number of rotatable bonds is 6. The van der Waals surface area contributed by atoms with Crippen molar-refractivity contribution >= 4 is 28.2 Å². The van der Waals surface area contributed by atoms with E-state index >= 15 is 0 Å². The molecule has 0 spiro atoms. The third-order valence-corrected chi connectivity index (χ3v) is 5.83. The lowest BCUT2D eigenvalue weighted by molar-refractivity contribution is 0.0339. The lowest BCUT2D eigenvalue weighted by Crippen LogP contribution is -2.35. The average molecular weight is 447 g/mol. The Morgan fingerprint density at radius 1 is 1.15 bits per heavy atom. The van der Waals surface area contributed by atoms with Crippen LogP contribution in [0.4, 0.5) is 0 Å². The Kier molecular flexibility index (Phi) is 5.80. The maximum absolute atomic E-state index is 13.0. The monoisotopic (exact) mass is 447 g/mol. The lowest BCUT2D eigenvalue weighted by Gasteiger charge is -2.27. The zero-order valence-electron chi connectivity index (χ0n) is 18.6. The molecule has 9 heteroatoms. The van der Waals surface area contributed by atoms with Crippen LogP contribution in [0, 0.1) is 0 Å². The van der Waals surface area contributed by atoms with E-state index in [1.807, 2.05) is 36.4 Å². The van der Waals surface area contributed by atoms with Crippen molar-refractivity contribution in [3.8, 4) is 11.5 Å². The maximum Gasteiger partial charge on any atom is 0.298 e. The number of benzene rings is 2. The van der Waals surface area contributed by atoms with Gasteiger partial charge in [0.05, 0.1) is 39.2 Å². The summed E-state index contributed by atoms with van der Waals surface area (Å²) < 4.78 is 17.5. The van der Waals surface area contributed by atoms with Gasteiger partial charge < -0.3 is 19.2 Å². The highest BCUT2D eigenvalue weighted by atomic mass is 16.5. The van der Waals surface area contributed by atoms with Crippen LogP contribution in [0.1, 0.15) is 11.1 Å². The number of nitrogens with zero attached hydrogens (tertiary/aromatic N) is 4. The van der Waals surface area contributed by atoms with E-state index in [0.717, 1.165) is 60.6 Å². The maximum atomic E-state index is 13.0. The van der Waals surface area contributed by atoms with Crippen LogP contribution >= 0.6 is 0 Å². The molecule has 0 unspecified atom stereocenters. The van der Waals surface area contributed by atoms with Crippen LogP contribution < -0.4 is 15.0 Å². The van der Waals surface area contributed by atoms with Crippen LogP contribution in [0.5, 0.6) is 11.5 Å². The highest BCUT2D eigenvalue weighted by Crippen LogP contribution is 2.25. The van der Waals surface area contributed by atoms with Crippen LogP contribution in [-0.4, -0.2) is 66.3 Å². The molecule has 5 rings (SSSR count). The summed E-state index contributed by atoms with van der Waals surface area (Å²) in [6.07, 6.45) is 3.10. The summed E-state index contributed by atoms with van der Waals surface area (Å²) in [4.78, 5) is 22.9. The summed E-state index contributed by atoms with van der Waals surface area (Å²) in [5, 5.41) is 5.23. The first-order valence-electron chi connectivity index (χ1n) is 10.7. The Balaban J connectivity index is 1.45. The van der Waals surface area contributed by atoms with Crippen molar-refractivity contribution in [2.75, 3.05) is 40.5 Å². The second-order valence-electron chi connectivity index (χ2n) is 7.86. The van der Waals surface area contributed by atoms with E-state index in [-0.39, 0.29) is 5.56 Å². The fraction of sp³-hybridized carbons (Fsp3) is 0.292. The zero-order valence-corrected chi connectivity index (χ0v) is 18.6. The van der Waals surface area contributed by atoms with E-state index in [0.29, 0.717) is 16.8 Å². The van der Waals surface area contributed by atoms with Gasteiger partial charge in [-0.2, -0.15) is 9.78 Å². The van der Waals surface area contributed by atoms with Crippen LogP contribution in [0.25, 0.3) is 21.9 Å². The van der Waals surface area contributed by atoms with Gasteiger partial charge in [-0.05, 0) is 35.9 Å². The Morgan fingerprint density at radius 2 is 2.00 bits per heavy atom. The minimum Gasteiger partial charge on any atom is -0.497 e. The van der Waals surface area contributed by atoms with Crippen molar-refractivity contribution in [3.63, 3.8) is 0 Å². The molecule has 1 aliphatic rings. The first-order valence-corrected chi connectivity index (χ1v) is 10.7. The van der Waals surface area contributed by atoms with Gasteiger partial charge in [-0.25, -0.2) is 4.98 Å². The SMILES string of the molecule is COc1ccc2c(c1)[nH]c1c(=O)n(/N=C\c3ccc(OC)c(CN4CCOCC4)c3)cnc12. The molecule has 170 valence electrons. The third-order valence-electron chi connectivity index (χ3n) is 5.83. The fourth-order valence-corrected chi connectivity index (χ4v) is 4.07. The number of hydrogen-bond acceptors (Lipinski definition) is 7. The lowest BCUT2D eigenvalue weighted by atomic mass is 10.1. The molecule has 2 aromatic carbocycles. The van der Waals surface area contributed by atoms with Gasteiger partial charge in [-0.15, -0.1) is 0 Å². The largest absolute Gasteiger partial charge is 0.497 e. The Hall–Kier alpha value is -3.69. The van der Waals surface area contributed by atoms with Crippen LogP contribution in [0.2, 0.25) is 0 Å². The van der Waals surface area contributed by atoms with Gasteiger partial charge in [0.15, 0.2) is 0 Å². The summed E-state index contributed by atoms with van der Waals surface area (Å²) in [7, 11) is 3.28. The summed E-state index contributed by atoms with van der Waals surface area (Å²) in [6, 6.07) is 11.4. The van der Waals surface area contributed by atoms with E-state index in [4.69, 9.17) is 14.2 Å². The molecule has 1 N–H and O–H groups in total.